The minimum absolute atomic E-state index is 0.271. The lowest BCUT2D eigenvalue weighted by Crippen LogP contribution is -2.41. The number of carbonyl (C=O) groups is 2. The first-order valence-corrected chi connectivity index (χ1v) is 7.58. The third-order valence-electron chi connectivity index (χ3n) is 3.49. The van der Waals surface area contributed by atoms with E-state index < -0.39 is 17.9 Å². The van der Waals surface area contributed by atoms with Crippen molar-refractivity contribution in [1.29, 1.82) is 0 Å². The summed E-state index contributed by atoms with van der Waals surface area (Å²) in [6.45, 7) is 2.41. The number of carboxylic acids is 1. The summed E-state index contributed by atoms with van der Waals surface area (Å²) >= 11 is 0. The van der Waals surface area contributed by atoms with Gasteiger partial charge in [0.15, 0.2) is 5.69 Å². The molecule has 0 bridgehead atoms. The van der Waals surface area contributed by atoms with E-state index in [4.69, 9.17) is 0 Å². The molecule has 7 nitrogen and oxygen atoms in total. The number of aliphatic carboxylic acids is 1. The van der Waals surface area contributed by atoms with Crippen molar-refractivity contribution in [2.75, 3.05) is 14.1 Å². The fourth-order valence-corrected chi connectivity index (χ4v) is 2.45. The molecule has 7 heteroatoms. The quantitative estimate of drug-likeness (QED) is 0.805. The van der Waals surface area contributed by atoms with E-state index in [9.17, 15) is 14.7 Å². The van der Waals surface area contributed by atoms with Crippen molar-refractivity contribution in [1.82, 2.24) is 19.6 Å². The number of nitrogens with one attached hydrogen (secondary N) is 1. The SMILES string of the molecule is CCCC(NC(=O)c1nc2ccccn2c1CN(C)C)C(=O)O. The minimum Gasteiger partial charge on any atom is -0.480 e. The van der Waals surface area contributed by atoms with Crippen molar-refractivity contribution >= 4 is 17.5 Å². The van der Waals surface area contributed by atoms with E-state index in [2.05, 4.69) is 10.3 Å². The molecule has 0 saturated heterocycles. The van der Waals surface area contributed by atoms with Gasteiger partial charge in [0.2, 0.25) is 0 Å². The van der Waals surface area contributed by atoms with Crippen molar-refractivity contribution < 1.29 is 14.7 Å². The van der Waals surface area contributed by atoms with Crippen LogP contribution in [0.25, 0.3) is 5.65 Å². The average molecular weight is 318 g/mol. The molecule has 0 aromatic carbocycles. The van der Waals surface area contributed by atoms with Crippen molar-refractivity contribution in [3.63, 3.8) is 0 Å². The number of hydrogen-bond acceptors (Lipinski definition) is 4. The molecule has 0 saturated carbocycles. The Kier molecular flexibility index (Phi) is 5.33. The number of aromatic nitrogens is 2. The van der Waals surface area contributed by atoms with Gasteiger partial charge in [0.25, 0.3) is 5.91 Å². The zero-order chi connectivity index (χ0) is 17.0. The molecule has 2 N–H and O–H groups in total. The summed E-state index contributed by atoms with van der Waals surface area (Å²) in [6, 6.07) is 4.63. The fraction of sp³-hybridized carbons (Fsp3) is 0.438. The molecular formula is C16H22N4O3. The van der Waals surface area contributed by atoms with Gasteiger partial charge in [-0.05, 0) is 32.6 Å². The van der Waals surface area contributed by atoms with Gasteiger partial charge in [-0.3, -0.25) is 4.79 Å². The van der Waals surface area contributed by atoms with Crippen molar-refractivity contribution in [2.24, 2.45) is 0 Å². The molecule has 2 rings (SSSR count). The van der Waals surface area contributed by atoms with Gasteiger partial charge in [-0.1, -0.05) is 19.4 Å². The molecule has 124 valence electrons. The molecule has 23 heavy (non-hydrogen) atoms. The molecule has 1 amide bonds. The molecule has 2 aromatic heterocycles. The number of carbonyl (C=O) groups excluding carboxylic acids is 1. The molecule has 0 fully saturated rings. The Morgan fingerprint density at radius 3 is 2.74 bits per heavy atom. The summed E-state index contributed by atoms with van der Waals surface area (Å²) in [5, 5.41) is 11.8. The van der Waals surface area contributed by atoms with Gasteiger partial charge in [0, 0.05) is 12.7 Å². The summed E-state index contributed by atoms with van der Waals surface area (Å²) in [7, 11) is 3.81. The third-order valence-corrected chi connectivity index (χ3v) is 3.49. The topological polar surface area (TPSA) is 86.9 Å². The number of amides is 1. The fourth-order valence-electron chi connectivity index (χ4n) is 2.45. The first-order valence-electron chi connectivity index (χ1n) is 7.58. The van der Waals surface area contributed by atoms with Crippen LogP contribution in [0.4, 0.5) is 0 Å². The van der Waals surface area contributed by atoms with Crippen LogP contribution < -0.4 is 5.32 Å². The Labute approximate surface area is 134 Å². The maximum absolute atomic E-state index is 12.5. The van der Waals surface area contributed by atoms with Crippen LogP contribution >= 0.6 is 0 Å². The van der Waals surface area contributed by atoms with Crippen molar-refractivity contribution in [2.45, 2.75) is 32.4 Å². The van der Waals surface area contributed by atoms with Gasteiger partial charge in [0.1, 0.15) is 11.7 Å². The lowest BCUT2D eigenvalue weighted by molar-refractivity contribution is -0.139. The van der Waals surface area contributed by atoms with E-state index in [1.54, 1.807) is 0 Å². The van der Waals surface area contributed by atoms with Crippen LogP contribution in [0.3, 0.4) is 0 Å². The standard InChI is InChI=1S/C16H22N4O3/c1-4-7-11(16(22)23)17-15(21)14-12(10-19(2)3)20-9-6-5-8-13(20)18-14/h5-6,8-9,11H,4,7,10H2,1-3H3,(H,17,21)(H,22,23). The maximum atomic E-state index is 12.5. The lowest BCUT2D eigenvalue weighted by Gasteiger charge is -2.14. The summed E-state index contributed by atoms with van der Waals surface area (Å²) in [5.74, 6) is -1.48. The Balaban J connectivity index is 2.37. The Morgan fingerprint density at radius 1 is 1.39 bits per heavy atom. The number of hydrogen-bond donors (Lipinski definition) is 2. The van der Waals surface area contributed by atoms with Crippen molar-refractivity contribution in [3.8, 4) is 0 Å². The van der Waals surface area contributed by atoms with Gasteiger partial charge < -0.3 is 19.7 Å². The molecule has 1 unspecified atom stereocenters. The first-order chi connectivity index (χ1) is 10.9. The minimum atomic E-state index is -1.03. The third kappa shape index (κ3) is 3.87. The van der Waals surface area contributed by atoms with E-state index in [0.29, 0.717) is 25.0 Å². The number of pyridine rings is 1. The molecule has 0 spiro atoms. The van der Waals surface area contributed by atoms with Crippen LogP contribution in [-0.4, -0.2) is 51.4 Å². The number of imidazole rings is 1. The lowest BCUT2D eigenvalue weighted by atomic mass is 10.1. The molecule has 0 radical (unpaired) electrons. The summed E-state index contributed by atoms with van der Waals surface area (Å²) in [4.78, 5) is 30.1. The predicted molar refractivity (Wildman–Crippen MR) is 86.4 cm³/mol. The number of fused-ring (bicyclic) bond motifs is 1. The van der Waals surface area contributed by atoms with E-state index in [0.717, 1.165) is 5.69 Å². The first kappa shape index (κ1) is 17.0. The highest BCUT2D eigenvalue weighted by atomic mass is 16.4. The predicted octanol–water partition coefficient (Wildman–Crippen LogP) is 1.38. The van der Waals surface area contributed by atoms with E-state index in [1.807, 2.05) is 54.7 Å². The highest BCUT2D eigenvalue weighted by Crippen LogP contribution is 2.15. The second kappa shape index (κ2) is 7.23. The smallest absolute Gasteiger partial charge is 0.326 e. The zero-order valence-corrected chi connectivity index (χ0v) is 13.6. The highest BCUT2D eigenvalue weighted by molar-refractivity contribution is 5.96. The number of nitrogens with zero attached hydrogens (tertiary/aromatic N) is 3. The van der Waals surface area contributed by atoms with Crippen LogP contribution in [0, 0.1) is 0 Å². The number of carboxylic acid groups (broad SMARTS) is 1. The van der Waals surface area contributed by atoms with Crippen LogP contribution in [0.2, 0.25) is 0 Å². The maximum Gasteiger partial charge on any atom is 0.326 e. The molecule has 0 aliphatic heterocycles. The summed E-state index contributed by atoms with van der Waals surface area (Å²) in [5.41, 5.74) is 1.67. The van der Waals surface area contributed by atoms with Gasteiger partial charge >= 0.3 is 5.97 Å². The van der Waals surface area contributed by atoms with Crippen LogP contribution in [0.1, 0.15) is 35.9 Å². The van der Waals surface area contributed by atoms with E-state index >= 15 is 0 Å². The zero-order valence-electron chi connectivity index (χ0n) is 13.6. The molecule has 0 aliphatic rings. The van der Waals surface area contributed by atoms with Gasteiger partial charge in [0.05, 0.1) is 5.69 Å². The van der Waals surface area contributed by atoms with Crippen LogP contribution in [0.5, 0.6) is 0 Å². The second-order valence-electron chi connectivity index (χ2n) is 5.73. The number of rotatable bonds is 7. The molecule has 2 heterocycles. The largest absolute Gasteiger partial charge is 0.480 e. The van der Waals surface area contributed by atoms with E-state index in [-0.39, 0.29) is 5.69 Å². The van der Waals surface area contributed by atoms with E-state index in [1.165, 1.54) is 0 Å². The Hall–Kier alpha value is -2.41. The van der Waals surface area contributed by atoms with Gasteiger partial charge in [-0.15, -0.1) is 0 Å². The van der Waals surface area contributed by atoms with Crippen LogP contribution in [0.15, 0.2) is 24.4 Å². The van der Waals surface area contributed by atoms with Crippen LogP contribution in [-0.2, 0) is 11.3 Å². The second-order valence-corrected chi connectivity index (χ2v) is 5.73. The molecular weight excluding hydrogens is 296 g/mol. The molecule has 1 atom stereocenters. The van der Waals surface area contributed by atoms with Gasteiger partial charge in [-0.25, -0.2) is 9.78 Å². The van der Waals surface area contributed by atoms with Gasteiger partial charge in [-0.2, -0.15) is 0 Å². The average Bonchev–Trinajstić information content (AvgIpc) is 2.85. The highest BCUT2D eigenvalue weighted by Gasteiger charge is 2.24. The normalized spacial score (nSPS) is 12.5. The van der Waals surface area contributed by atoms with Crippen molar-refractivity contribution in [3.05, 3.63) is 35.8 Å². The Bertz CT molecular complexity index is 708. The Morgan fingerprint density at radius 2 is 2.13 bits per heavy atom. The molecule has 2 aromatic rings. The monoisotopic (exact) mass is 318 g/mol. The summed E-state index contributed by atoms with van der Waals surface area (Å²) < 4.78 is 1.85. The summed E-state index contributed by atoms with van der Waals surface area (Å²) in [6.07, 6.45) is 2.91. The molecule has 0 aliphatic carbocycles.